The highest BCUT2D eigenvalue weighted by atomic mass is 16.6. The van der Waals surface area contributed by atoms with Crippen LogP contribution in [0.3, 0.4) is 0 Å². The van der Waals surface area contributed by atoms with E-state index in [4.69, 9.17) is 9.47 Å². The van der Waals surface area contributed by atoms with E-state index in [0.29, 0.717) is 13.0 Å². The highest BCUT2D eigenvalue weighted by molar-refractivity contribution is 5.69. The van der Waals surface area contributed by atoms with Gasteiger partial charge in [0, 0.05) is 13.0 Å². The molecule has 0 bridgehead atoms. The number of esters is 1. The Morgan fingerprint density at radius 2 is 0.978 bits per heavy atom. The highest BCUT2D eigenvalue weighted by Gasteiger charge is 2.13. The first-order valence-electron chi connectivity index (χ1n) is 19.0. The van der Waals surface area contributed by atoms with Crippen LogP contribution in [0.2, 0.25) is 0 Å². The molecule has 0 aliphatic heterocycles. The van der Waals surface area contributed by atoms with Gasteiger partial charge in [-0.3, -0.25) is 4.79 Å². The van der Waals surface area contributed by atoms with Crippen molar-refractivity contribution in [3.63, 3.8) is 0 Å². The molecule has 1 N–H and O–H groups in total. The molecule has 0 radical (unpaired) electrons. The van der Waals surface area contributed by atoms with Crippen molar-refractivity contribution >= 4 is 5.97 Å². The summed E-state index contributed by atoms with van der Waals surface area (Å²) in [5, 5.41) is 9.57. The lowest BCUT2D eigenvalue weighted by molar-refractivity contribution is -0.154. The van der Waals surface area contributed by atoms with Gasteiger partial charge in [0.1, 0.15) is 6.10 Å². The number of carbonyl (C=O) groups excluding carboxylic acids is 1. The molecular weight excluding hydrogens is 568 g/mol. The van der Waals surface area contributed by atoms with E-state index in [1.807, 2.05) is 0 Å². The van der Waals surface area contributed by atoms with E-state index in [9.17, 15) is 9.90 Å². The van der Waals surface area contributed by atoms with Gasteiger partial charge in [-0.25, -0.2) is 0 Å². The van der Waals surface area contributed by atoms with Crippen LogP contribution in [0.4, 0.5) is 0 Å². The van der Waals surface area contributed by atoms with Crippen LogP contribution in [-0.2, 0) is 14.3 Å². The second kappa shape index (κ2) is 39.0. The van der Waals surface area contributed by atoms with Gasteiger partial charge in [-0.05, 0) is 77.0 Å². The molecule has 46 heavy (non-hydrogen) atoms. The Morgan fingerprint density at radius 3 is 1.48 bits per heavy atom. The SMILES string of the molecule is CC/C=C\C/C=C\C/C=C\C/C=C\CCCCCCCCC(=O)OC(CO)COCCCCCCCC/C=C\C/C=C\CCCC. The Bertz CT molecular complexity index is 804. The molecule has 1 unspecified atom stereocenters. The van der Waals surface area contributed by atoms with E-state index in [2.05, 4.69) is 86.8 Å². The molecule has 0 aromatic heterocycles. The third kappa shape index (κ3) is 36.3. The summed E-state index contributed by atoms with van der Waals surface area (Å²) in [7, 11) is 0. The van der Waals surface area contributed by atoms with E-state index in [0.717, 1.165) is 70.6 Å². The van der Waals surface area contributed by atoms with Crippen LogP contribution in [-0.4, -0.2) is 37.0 Å². The number of aliphatic hydroxyl groups excluding tert-OH is 1. The average molecular weight is 641 g/mol. The Morgan fingerprint density at radius 1 is 0.543 bits per heavy atom. The second-order valence-corrected chi connectivity index (χ2v) is 12.3. The van der Waals surface area contributed by atoms with Crippen LogP contribution >= 0.6 is 0 Å². The van der Waals surface area contributed by atoms with Crippen LogP contribution in [0, 0.1) is 0 Å². The lowest BCUT2D eigenvalue weighted by Gasteiger charge is -2.15. The minimum absolute atomic E-state index is 0.186. The van der Waals surface area contributed by atoms with E-state index < -0.39 is 6.10 Å². The Labute approximate surface area is 285 Å². The predicted molar refractivity (Wildman–Crippen MR) is 200 cm³/mol. The van der Waals surface area contributed by atoms with Crippen molar-refractivity contribution in [2.45, 2.75) is 168 Å². The van der Waals surface area contributed by atoms with Crippen molar-refractivity contribution in [1.29, 1.82) is 0 Å². The Hall–Kier alpha value is -2.17. The van der Waals surface area contributed by atoms with Crippen LogP contribution in [0.1, 0.15) is 162 Å². The lowest BCUT2D eigenvalue weighted by Crippen LogP contribution is -2.27. The molecule has 4 nitrogen and oxygen atoms in total. The predicted octanol–water partition coefficient (Wildman–Crippen LogP) is 12.3. The average Bonchev–Trinajstić information content (AvgIpc) is 3.06. The Kier molecular flexibility index (Phi) is 37.2. The summed E-state index contributed by atoms with van der Waals surface area (Å²) < 4.78 is 11.1. The molecule has 264 valence electrons. The number of unbranched alkanes of at least 4 members (excludes halogenated alkanes) is 14. The molecule has 0 aromatic rings. The molecule has 4 heteroatoms. The molecule has 0 fully saturated rings. The third-order valence-electron chi connectivity index (χ3n) is 7.77. The van der Waals surface area contributed by atoms with Crippen molar-refractivity contribution in [2.75, 3.05) is 19.8 Å². The zero-order valence-electron chi connectivity index (χ0n) is 30.1. The summed E-state index contributed by atoms with van der Waals surface area (Å²) >= 11 is 0. The maximum Gasteiger partial charge on any atom is 0.306 e. The summed E-state index contributed by atoms with van der Waals surface area (Å²) in [6, 6.07) is 0. The smallest absolute Gasteiger partial charge is 0.306 e. The van der Waals surface area contributed by atoms with Crippen LogP contribution < -0.4 is 0 Å². The fourth-order valence-electron chi connectivity index (χ4n) is 4.92. The monoisotopic (exact) mass is 641 g/mol. The highest BCUT2D eigenvalue weighted by Crippen LogP contribution is 2.11. The minimum atomic E-state index is -0.550. The molecule has 0 saturated heterocycles. The van der Waals surface area contributed by atoms with Crippen molar-refractivity contribution in [3.05, 3.63) is 72.9 Å². The molecule has 0 amide bonds. The van der Waals surface area contributed by atoms with Crippen LogP contribution in [0.25, 0.3) is 0 Å². The largest absolute Gasteiger partial charge is 0.457 e. The molecule has 0 aliphatic rings. The maximum absolute atomic E-state index is 12.2. The molecule has 0 heterocycles. The summed E-state index contributed by atoms with van der Waals surface area (Å²) in [5.41, 5.74) is 0. The normalized spacial score (nSPS) is 13.2. The van der Waals surface area contributed by atoms with E-state index in [-0.39, 0.29) is 19.2 Å². The standard InChI is InChI=1S/C42H72O4/c1-3-5-7-9-11-13-15-17-19-20-21-22-23-25-27-29-31-33-35-37-42(44)46-41(39-43)40-45-38-36-34-32-30-28-26-24-18-16-14-12-10-8-6-4-2/h5,7,10-13,16-19,21-22,41,43H,3-4,6,8-9,14-15,20,23-40H2,1-2H3/b7-5-,12-10-,13-11-,18-16-,19-17-,22-21-. The number of hydrogen-bond donors (Lipinski definition) is 1. The van der Waals surface area contributed by atoms with Gasteiger partial charge >= 0.3 is 5.97 Å². The van der Waals surface area contributed by atoms with Crippen molar-refractivity contribution < 1.29 is 19.4 Å². The number of ether oxygens (including phenoxy) is 2. The summed E-state index contributed by atoms with van der Waals surface area (Å²) in [6.45, 7) is 5.14. The number of hydrogen-bond acceptors (Lipinski definition) is 4. The van der Waals surface area contributed by atoms with Gasteiger partial charge < -0.3 is 14.6 Å². The number of carbonyl (C=O) groups is 1. The molecule has 0 spiro atoms. The van der Waals surface area contributed by atoms with Gasteiger partial charge in [-0.2, -0.15) is 0 Å². The van der Waals surface area contributed by atoms with Crippen molar-refractivity contribution in [2.24, 2.45) is 0 Å². The number of aliphatic hydroxyl groups is 1. The van der Waals surface area contributed by atoms with Crippen LogP contribution in [0.5, 0.6) is 0 Å². The Balaban J connectivity index is 3.53. The topological polar surface area (TPSA) is 55.8 Å². The number of rotatable bonds is 34. The van der Waals surface area contributed by atoms with Gasteiger partial charge in [0.2, 0.25) is 0 Å². The molecule has 1 atom stereocenters. The van der Waals surface area contributed by atoms with Gasteiger partial charge in [0.25, 0.3) is 0 Å². The van der Waals surface area contributed by atoms with Crippen LogP contribution in [0.15, 0.2) is 72.9 Å². The molecule has 0 rings (SSSR count). The maximum atomic E-state index is 12.2. The fraction of sp³-hybridized carbons (Fsp3) is 0.690. The second-order valence-electron chi connectivity index (χ2n) is 12.3. The fourth-order valence-corrected chi connectivity index (χ4v) is 4.92. The molecule has 0 aromatic carbocycles. The zero-order chi connectivity index (χ0) is 33.4. The molecular formula is C42H72O4. The molecule has 0 aliphatic carbocycles. The summed E-state index contributed by atoms with van der Waals surface area (Å²) in [6.07, 6.45) is 52.2. The van der Waals surface area contributed by atoms with Crippen molar-refractivity contribution in [3.8, 4) is 0 Å². The minimum Gasteiger partial charge on any atom is -0.457 e. The van der Waals surface area contributed by atoms with E-state index in [1.54, 1.807) is 0 Å². The van der Waals surface area contributed by atoms with Gasteiger partial charge in [-0.1, -0.05) is 151 Å². The van der Waals surface area contributed by atoms with Gasteiger partial charge in [0.15, 0.2) is 0 Å². The first kappa shape index (κ1) is 43.8. The van der Waals surface area contributed by atoms with Gasteiger partial charge in [0.05, 0.1) is 13.2 Å². The first-order valence-corrected chi connectivity index (χ1v) is 19.0. The third-order valence-corrected chi connectivity index (χ3v) is 7.77. The first-order chi connectivity index (χ1) is 22.7. The summed E-state index contributed by atoms with van der Waals surface area (Å²) in [4.78, 5) is 12.2. The zero-order valence-corrected chi connectivity index (χ0v) is 30.1. The van der Waals surface area contributed by atoms with Crippen molar-refractivity contribution in [1.82, 2.24) is 0 Å². The van der Waals surface area contributed by atoms with E-state index in [1.165, 1.54) is 70.6 Å². The number of allylic oxidation sites excluding steroid dienone is 12. The molecule has 0 saturated carbocycles. The van der Waals surface area contributed by atoms with Gasteiger partial charge in [-0.15, -0.1) is 0 Å². The quantitative estimate of drug-likeness (QED) is 0.0432. The summed E-state index contributed by atoms with van der Waals surface area (Å²) in [5.74, 6) is -0.222. The lowest BCUT2D eigenvalue weighted by atomic mass is 10.1. The van der Waals surface area contributed by atoms with E-state index >= 15 is 0 Å².